The molecule has 0 spiro atoms. The molecule has 1 aliphatic carbocycles. The predicted molar refractivity (Wildman–Crippen MR) is 129 cm³/mol. The molecule has 3 heteroatoms. The molecule has 0 N–H and O–H groups in total. The van der Waals surface area contributed by atoms with Crippen LogP contribution in [0, 0.1) is 17.8 Å². The van der Waals surface area contributed by atoms with Gasteiger partial charge in [0.05, 0.1) is 13.2 Å². The van der Waals surface area contributed by atoms with E-state index in [0.717, 1.165) is 49.3 Å². The van der Waals surface area contributed by atoms with Gasteiger partial charge in [-0.05, 0) is 72.8 Å². The van der Waals surface area contributed by atoms with Crippen molar-refractivity contribution < 1.29 is 9.47 Å². The quantitative estimate of drug-likeness (QED) is 0.393. The van der Waals surface area contributed by atoms with Gasteiger partial charge in [-0.2, -0.15) is 0 Å². The fourth-order valence-electron chi connectivity index (χ4n) is 5.09. The summed E-state index contributed by atoms with van der Waals surface area (Å²) in [5, 5.41) is 0.770. The van der Waals surface area contributed by atoms with Crippen molar-refractivity contribution in [1.82, 2.24) is 0 Å². The Morgan fingerprint density at radius 2 is 1.42 bits per heavy atom. The zero-order valence-corrected chi connectivity index (χ0v) is 19.2. The lowest BCUT2D eigenvalue weighted by molar-refractivity contribution is -0.212. The molecule has 1 aliphatic heterocycles. The van der Waals surface area contributed by atoms with Crippen LogP contribution in [0.15, 0.2) is 61.2 Å². The van der Waals surface area contributed by atoms with Crippen LogP contribution < -0.4 is 0 Å². The van der Waals surface area contributed by atoms with Gasteiger partial charge in [-0.25, -0.2) is 0 Å². The molecule has 0 unspecified atom stereocenters. The molecule has 0 radical (unpaired) electrons. The second-order valence-corrected chi connectivity index (χ2v) is 9.68. The second kappa shape index (κ2) is 11.3. The smallest absolute Gasteiger partial charge is 0.157 e. The van der Waals surface area contributed by atoms with Gasteiger partial charge in [0.2, 0.25) is 0 Å². The Kier molecular flexibility index (Phi) is 8.24. The summed E-state index contributed by atoms with van der Waals surface area (Å²) in [4.78, 5) is 0. The first-order valence-electron chi connectivity index (χ1n) is 11.9. The number of benzene rings is 2. The summed E-state index contributed by atoms with van der Waals surface area (Å²) >= 11 is 5.99. The van der Waals surface area contributed by atoms with Crippen LogP contribution in [0.3, 0.4) is 0 Å². The average Bonchev–Trinajstić information content (AvgIpc) is 2.83. The molecule has 31 heavy (non-hydrogen) atoms. The maximum absolute atomic E-state index is 6.11. The van der Waals surface area contributed by atoms with Crippen molar-refractivity contribution in [2.24, 2.45) is 17.8 Å². The van der Waals surface area contributed by atoms with E-state index in [9.17, 15) is 0 Å². The molecule has 4 rings (SSSR count). The molecule has 0 atom stereocenters. The van der Waals surface area contributed by atoms with Crippen LogP contribution in [0.4, 0.5) is 0 Å². The number of halogens is 1. The highest BCUT2D eigenvalue weighted by Crippen LogP contribution is 2.37. The molecule has 0 aromatic heterocycles. The lowest BCUT2D eigenvalue weighted by Gasteiger charge is -2.37. The molecule has 0 amide bonds. The van der Waals surface area contributed by atoms with Crippen LogP contribution in [0.25, 0.3) is 11.1 Å². The molecule has 2 nitrogen and oxygen atoms in total. The van der Waals surface area contributed by atoms with Crippen molar-refractivity contribution in [3.63, 3.8) is 0 Å². The third-order valence-corrected chi connectivity index (χ3v) is 7.38. The maximum Gasteiger partial charge on any atom is 0.157 e. The van der Waals surface area contributed by atoms with E-state index >= 15 is 0 Å². The number of ether oxygens (including phenoxy) is 2. The SMILES string of the molecule is C=CCCC1CCC(C2COC(CCc3ccc(-c4ccc(Cl)cc4)cc3)OC2)CC1. The van der Waals surface area contributed by atoms with Gasteiger partial charge in [0.25, 0.3) is 0 Å². The summed E-state index contributed by atoms with van der Waals surface area (Å²) in [6, 6.07) is 16.8. The Labute approximate surface area is 192 Å². The minimum Gasteiger partial charge on any atom is -0.352 e. The zero-order chi connectivity index (χ0) is 21.5. The highest BCUT2D eigenvalue weighted by molar-refractivity contribution is 6.30. The highest BCUT2D eigenvalue weighted by Gasteiger charge is 2.31. The largest absolute Gasteiger partial charge is 0.352 e. The van der Waals surface area contributed by atoms with E-state index in [0.29, 0.717) is 5.92 Å². The molecule has 2 aromatic rings. The molecular weight excluding hydrogens is 404 g/mol. The molecule has 2 fully saturated rings. The number of aryl methyl sites for hydroxylation is 1. The number of hydrogen-bond donors (Lipinski definition) is 0. The number of rotatable bonds is 8. The van der Waals surface area contributed by atoms with Crippen LogP contribution in [0.2, 0.25) is 5.02 Å². The summed E-state index contributed by atoms with van der Waals surface area (Å²) in [7, 11) is 0. The minimum atomic E-state index is -0.0591. The average molecular weight is 439 g/mol. The molecule has 0 bridgehead atoms. The van der Waals surface area contributed by atoms with E-state index in [2.05, 4.69) is 49.1 Å². The highest BCUT2D eigenvalue weighted by atomic mass is 35.5. The zero-order valence-electron chi connectivity index (χ0n) is 18.5. The van der Waals surface area contributed by atoms with Crippen molar-refractivity contribution in [3.8, 4) is 11.1 Å². The lowest BCUT2D eigenvalue weighted by Crippen LogP contribution is -2.37. The van der Waals surface area contributed by atoms with E-state index in [1.165, 1.54) is 48.8 Å². The summed E-state index contributed by atoms with van der Waals surface area (Å²) < 4.78 is 12.2. The van der Waals surface area contributed by atoms with Crippen molar-refractivity contribution in [3.05, 3.63) is 71.8 Å². The fourth-order valence-corrected chi connectivity index (χ4v) is 5.22. The summed E-state index contributed by atoms with van der Waals surface area (Å²) in [5.74, 6) is 2.26. The molecule has 2 aromatic carbocycles. The van der Waals surface area contributed by atoms with Gasteiger partial charge >= 0.3 is 0 Å². The van der Waals surface area contributed by atoms with Gasteiger partial charge in [0.15, 0.2) is 6.29 Å². The first kappa shape index (κ1) is 22.6. The van der Waals surface area contributed by atoms with Gasteiger partial charge in [-0.1, -0.05) is 66.9 Å². The van der Waals surface area contributed by atoms with Gasteiger partial charge in [-0.3, -0.25) is 0 Å². The van der Waals surface area contributed by atoms with E-state index in [4.69, 9.17) is 21.1 Å². The van der Waals surface area contributed by atoms with Crippen LogP contribution in [0.5, 0.6) is 0 Å². The normalized spacial score (nSPS) is 26.5. The van der Waals surface area contributed by atoms with E-state index in [1.807, 2.05) is 12.1 Å². The van der Waals surface area contributed by atoms with E-state index in [-0.39, 0.29) is 6.29 Å². The molecule has 1 heterocycles. The lowest BCUT2D eigenvalue weighted by atomic mass is 9.75. The molecular formula is C28H35ClO2. The van der Waals surface area contributed by atoms with Crippen LogP contribution in [-0.2, 0) is 15.9 Å². The van der Waals surface area contributed by atoms with E-state index < -0.39 is 0 Å². The summed E-state index contributed by atoms with van der Waals surface area (Å²) in [6.07, 6.45) is 11.8. The molecule has 2 aliphatic rings. The molecule has 166 valence electrons. The van der Waals surface area contributed by atoms with Crippen LogP contribution in [0.1, 0.15) is 50.5 Å². The Morgan fingerprint density at radius 3 is 2.03 bits per heavy atom. The Morgan fingerprint density at radius 1 is 0.806 bits per heavy atom. The Bertz CT molecular complexity index is 798. The van der Waals surface area contributed by atoms with Crippen molar-refractivity contribution in [2.75, 3.05) is 13.2 Å². The van der Waals surface area contributed by atoms with Gasteiger partial charge in [0.1, 0.15) is 0 Å². The minimum absolute atomic E-state index is 0.0591. The van der Waals surface area contributed by atoms with Gasteiger partial charge in [-0.15, -0.1) is 6.58 Å². The van der Waals surface area contributed by atoms with Crippen LogP contribution >= 0.6 is 11.6 Å². The van der Waals surface area contributed by atoms with Crippen molar-refractivity contribution >= 4 is 11.6 Å². The van der Waals surface area contributed by atoms with Crippen molar-refractivity contribution in [2.45, 2.75) is 57.7 Å². The van der Waals surface area contributed by atoms with Gasteiger partial charge in [0, 0.05) is 17.4 Å². The third kappa shape index (κ3) is 6.44. The molecule has 1 saturated carbocycles. The Hall–Kier alpha value is -1.61. The third-order valence-electron chi connectivity index (χ3n) is 7.13. The number of hydrogen-bond acceptors (Lipinski definition) is 2. The Balaban J connectivity index is 1.18. The summed E-state index contributed by atoms with van der Waals surface area (Å²) in [5.41, 5.74) is 3.73. The van der Waals surface area contributed by atoms with Crippen LogP contribution in [-0.4, -0.2) is 19.5 Å². The summed E-state index contributed by atoms with van der Waals surface area (Å²) in [6.45, 7) is 5.58. The second-order valence-electron chi connectivity index (χ2n) is 9.25. The monoisotopic (exact) mass is 438 g/mol. The first-order chi connectivity index (χ1) is 15.2. The fraction of sp³-hybridized carbons (Fsp3) is 0.500. The standard InChI is InChI=1S/C28H35ClO2/c1-2-3-4-21-5-12-25(13-6-21)26-19-30-28(31-20-26)18-9-22-7-10-23(11-8-22)24-14-16-27(29)17-15-24/h2,7-8,10-11,14-17,21,25-26,28H,1,3-6,9,12-13,18-20H2. The topological polar surface area (TPSA) is 18.5 Å². The van der Waals surface area contributed by atoms with E-state index in [1.54, 1.807) is 0 Å². The molecule has 1 saturated heterocycles. The first-order valence-corrected chi connectivity index (χ1v) is 12.3. The van der Waals surface area contributed by atoms with Crippen molar-refractivity contribution in [1.29, 1.82) is 0 Å². The predicted octanol–water partition coefficient (Wildman–Crippen LogP) is 7.70. The van der Waals surface area contributed by atoms with Gasteiger partial charge < -0.3 is 9.47 Å². The number of allylic oxidation sites excluding steroid dienone is 1. The maximum atomic E-state index is 6.11.